The number of aliphatic hydroxyl groups excluding tert-OH is 1. The minimum Gasteiger partial charge on any atom is -0.391 e. The van der Waals surface area contributed by atoms with Gasteiger partial charge in [-0.3, -0.25) is 14.8 Å². The van der Waals surface area contributed by atoms with Crippen LogP contribution in [0.2, 0.25) is 0 Å². The van der Waals surface area contributed by atoms with Gasteiger partial charge in [0, 0.05) is 18.7 Å². The lowest BCUT2D eigenvalue weighted by atomic mass is 10.0. The van der Waals surface area contributed by atoms with Crippen molar-refractivity contribution in [3.63, 3.8) is 0 Å². The van der Waals surface area contributed by atoms with E-state index in [-0.39, 0.29) is 0 Å². The molecule has 3 rings (SSSR count). The van der Waals surface area contributed by atoms with Crippen molar-refractivity contribution >= 4 is 11.8 Å². The second kappa shape index (κ2) is 11.4. The standard InChI is InChI=1S/C26H29N3O4/c1-17-3-5-19(6-4-17)15-27-16-20-7-9-21(10-8-20)22-11-13-23(14-12-22)25(31)28-24(18(2)30)26(32)29-33/h3-14,18,24,27,30,33H,15-16H2,1-2H3,(H,28,31)(H,29,32)/t18-,24+/m1/s1. The molecule has 3 aromatic rings. The van der Waals surface area contributed by atoms with Crippen LogP contribution in [0.1, 0.15) is 34.0 Å². The lowest BCUT2D eigenvalue weighted by molar-refractivity contribution is -0.133. The summed E-state index contributed by atoms with van der Waals surface area (Å²) in [6, 6.07) is 22.4. The van der Waals surface area contributed by atoms with E-state index in [9.17, 15) is 14.7 Å². The summed E-state index contributed by atoms with van der Waals surface area (Å²) in [4.78, 5) is 24.0. The van der Waals surface area contributed by atoms with Crippen LogP contribution in [0.5, 0.6) is 0 Å². The number of nitrogens with one attached hydrogen (secondary N) is 3. The fraction of sp³-hybridized carbons (Fsp3) is 0.231. The second-order valence-corrected chi connectivity index (χ2v) is 8.03. The lowest BCUT2D eigenvalue weighted by Gasteiger charge is -2.19. The predicted octanol–water partition coefficient (Wildman–Crippen LogP) is 2.94. The molecule has 33 heavy (non-hydrogen) atoms. The molecule has 0 spiro atoms. The highest BCUT2D eigenvalue weighted by Crippen LogP contribution is 2.20. The number of hydrogen-bond acceptors (Lipinski definition) is 5. The summed E-state index contributed by atoms with van der Waals surface area (Å²) in [6.45, 7) is 5.00. The molecule has 0 bridgehead atoms. The minimum atomic E-state index is -1.26. The van der Waals surface area contributed by atoms with E-state index in [1.165, 1.54) is 29.1 Å². The van der Waals surface area contributed by atoms with Crippen molar-refractivity contribution in [3.05, 3.63) is 95.1 Å². The van der Waals surface area contributed by atoms with E-state index in [0.717, 1.165) is 24.2 Å². The number of aliphatic hydroxyl groups is 1. The van der Waals surface area contributed by atoms with Gasteiger partial charge in [-0.05, 0) is 48.2 Å². The van der Waals surface area contributed by atoms with Crippen LogP contribution >= 0.6 is 0 Å². The maximum Gasteiger partial charge on any atom is 0.268 e. The number of carbonyl (C=O) groups is 2. The normalized spacial score (nSPS) is 12.6. The Morgan fingerprint density at radius 1 is 0.818 bits per heavy atom. The molecule has 5 N–H and O–H groups in total. The molecular weight excluding hydrogens is 418 g/mol. The first-order valence-corrected chi connectivity index (χ1v) is 10.8. The number of amides is 2. The van der Waals surface area contributed by atoms with Gasteiger partial charge in [0.15, 0.2) is 0 Å². The highest BCUT2D eigenvalue weighted by atomic mass is 16.5. The largest absolute Gasteiger partial charge is 0.391 e. The van der Waals surface area contributed by atoms with Crippen molar-refractivity contribution in [2.24, 2.45) is 0 Å². The van der Waals surface area contributed by atoms with Crippen molar-refractivity contribution < 1.29 is 19.9 Å². The van der Waals surface area contributed by atoms with Gasteiger partial charge in [0.1, 0.15) is 6.04 Å². The van der Waals surface area contributed by atoms with Gasteiger partial charge in [0.05, 0.1) is 6.10 Å². The molecule has 0 unspecified atom stereocenters. The van der Waals surface area contributed by atoms with Crippen molar-refractivity contribution in [1.29, 1.82) is 0 Å². The quantitative estimate of drug-likeness (QED) is 0.256. The van der Waals surface area contributed by atoms with Crippen molar-refractivity contribution in [1.82, 2.24) is 16.1 Å². The van der Waals surface area contributed by atoms with E-state index in [4.69, 9.17) is 5.21 Å². The summed E-state index contributed by atoms with van der Waals surface area (Å²) in [5.74, 6) is -1.41. The van der Waals surface area contributed by atoms with Crippen molar-refractivity contribution in [3.8, 4) is 11.1 Å². The second-order valence-electron chi connectivity index (χ2n) is 8.03. The van der Waals surface area contributed by atoms with Gasteiger partial charge < -0.3 is 15.7 Å². The van der Waals surface area contributed by atoms with E-state index in [1.54, 1.807) is 12.1 Å². The maximum absolute atomic E-state index is 12.4. The minimum absolute atomic E-state index is 0.340. The van der Waals surface area contributed by atoms with Crippen molar-refractivity contribution in [2.75, 3.05) is 0 Å². The van der Waals surface area contributed by atoms with Gasteiger partial charge in [0.2, 0.25) is 0 Å². The summed E-state index contributed by atoms with van der Waals surface area (Å²) in [6.07, 6.45) is -1.16. The molecule has 0 aliphatic heterocycles. The first kappa shape index (κ1) is 24.1. The fourth-order valence-electron chi connectivity index (χ4n) is 3.39. The molecule has 2 atom stereocenters. The van der Waals surface area contributed by atoms with Gasteiger partial charge in [-0.1, -0.05) is 66.2 Å². The molecule has 0 radical (unpaired) electrons. The molecule has 0 aliphatic rings. The SMILES string of the molecule is Cc1ccc(CNCc2ccc(-c3ccc(C(=O)N[C@H](C(=O)NO)[C@@H](C)O)cc3)cc2)cc1. The molecule has 3 aromatic carbocycles. The average molecular weight is 448 g/mol. The van der Waals surface area contributed by atoms with Crippen LogP contribution < -0.4 is 16.1 Å². The van der Waals surface area contributed by atoms with Crippen LogP contribution in [-0.2, 0) is 17.9 Å². The highest BCUT2D eigenvalue weighted by molar-refractivity contribution is 5.97. The first-order valence-electron chi connectivity index (χ1n) is 10.8. The number of aryl methyl sites for hydroxylation is 1. The van der Waals surface area contributed by atoms with Crippen LogP contribution in [0, 0.1) is 6.92 Å². The number of carbonyl (C=O) groups excluding carboxylic acids is 2. The number of rotatable bonds is 9. The van der Waals surface area contributed by atoms with Gasteiger partial charge in [-0.25, -0.2) is 5.48 Å². The predicted molar refractivity (Wildman–Crippen MR) is 126 cm³/mol. The molecule has 2 amide bonds. The average Bonchev–Trinajstić information content (AvgIpc) is 2.83. The Labute approximate surface area is 193 Å². The Hall–Kier alpha value is -3.52. The highest BCUT2D eigenvalue weighted by Gasteiger charge is 2.25. The summed E-state index contributed by atoms with van der Waals surface area (Å²) < 4.78 is 0. The first-order chi connectivity index (χ1) is 15.9. The zero-order valence-electron chi connectivity index (χ0n) is 18.7. The van der Waals surface area contributed by atoms with Gasteiger partial charge in [-0.2, -0.15) is 0 Å². The number of benzene rings is 3. The Morgan fingerprint density at radius 3 is 1.79 bits per heavy atom. The molecule has 0 aromatic heterocycles. The Bertz CT molecular complexity index is 1060. The maximum atomic E-state index is 12.4. The van der Waals surface area contributed by atoms with Crippen LogP contribution in [0.25, 0.3) is 11.1 Å². The third-order valence-corrected chi connectivity index (χ3v) is 5.37. The van der Waals surface area contributed by atoms with E-state index < -0.39 is 24.0 Å². The summed E-state index contributed by atoms with van der Waals surface area (Å²) in [7, 11) is 0. The van der Waals surface area contributed by atoms with Crippen LogP contribution in [0.4, 0.5) is 0 Å². The smallest absolute Gasteiger partial charge is 0.268 e. The Kier molecular flexibility index (Phi) is 8.32. The van der Waals surface area contributed by atoms with E-state index in [0.29, 0.717) is 5.56 Å². The van der Waals surface area contributed by atoms with Gasteiger partial charge >= 0.3 is 0 Å². The van der Waals surface area contributed by atoms with Crippen LogP contribution in [0.3, 0.4) is 0 Å². The molecule has 0 fully saturated rings. The molecular formula is C26H29N3O4. The monoisotopic (exact) mass is 447 g/mol. The molecule has 172 valence electrons. The Morgan fingerprint density at radius 2 is 1.30 bits per heavy atom. The Balaban J connectivity index is 1.57. The van der Waals surface area contributed by atoms with Crippen molar-refractivity contribution in [2.45, 2.75) is 39.1 Å². The number of hydrogen-bond donors (Lipinski definition) is 5. The molecule has 0 saturated heterocycles. The molecule has 7 heteroatoms. The zero-order valence-corrected chi connectivity index (χ0v) is 18.7. The summed E-state index contributed by atoms with van der Waals surface area (Å²) in [5, 5.41) is 24.3. The van der Waals surface area contributed by atoms with Gasteiger partial charge in [-0.15, -0.1) is 0 Å². The molecule has 0 saturated carbocycles. The fourth-order valence-corrected chi connectivity index (χ4v) is 3.39. The van der Waals surface area contributed by atoms with E-state index >= 15 is 0 Å². The lowest BCUT2D eigenvalue weighted by Crippen LogP contribution is -2.51. The molecule has 0 aliphatic carbocycles. The molecule has 7 nitrogen and oxygen atoms in total. The third-order valence-electron chi connectivity index (χ3n) is 5.37. The van der Waals surface area contributed by atoms with Crippen LogP contribution in [-0.4, -0.2) is 34.3 Å². The zero-order chi connectivity index (χ0) is 23.8. The van der Waals surface area contributed by atoms with E-state index in [1.807, 2.05) is 24.3 Å². The topological polar surface area (TPSA) is 111 Å². The third kappa shape index (κ3) is 6.73. The van der Waals surface area contributed by atoms with E-state index in [2.05, 4.69) is 54.0 Å². The summed E-state index contributed by atoms with van der Waals surface area (Å²) >= 11 is 0. The van der Waals surface area contributed by atoms with Crippen LogP contribution in [0.15, 0.2) is 72.8 Å². The van der Waals surface area contributed by atoms with Gasteiger partial charge in [0.25, 0.3) is 11.8 Å². The molecule has 0 heterocycles. The summed E-state index contributed by atoms with van der Waals surface area (Å²) in [5.41, 5.74) is 7.43. The number of hydroxylamine groups is 1.